The number of nitrogens with one attached hydrogen (secondary N) is 1. The average Bonchev–Trinajstić information content (AvgIpc) is 2.96. The van der Waals surface area contributed by atoms with Crippen molar-refractivity contribution in [3.05, 3.63) is 11.3 Å². The Balaban J connectivity index is 1.79. The first-order valence-corrected chi connectivity index (χ1v) is 7.14. The van der Waals surface area contributed by atoms with Crippen LogP contribution in [0.4, 0.5) is 0 Å². The second kappa shape index (κ2) is 4.86. The van der Waals surface area contributed by atoms with Gasteiger partial charge in [0.1, 0.15) is 6.61 Å². The highest BCUT2D eigenvalue weighted by Crippen LogP contribution is 2.37. The van der Waals surface area contributed by atoms with Crippen LogP contribution in [-0.4, -0.2) is 53.7 Å². The van der Waals surface area contributed by atoms with E-state index in [9.17, 15) is 14.7 Å². The Morgan fingerprint density at radius 3 is 2.65 bits per heavy atom. The van der Waals surface area contributed by atoms with Gasteiger partial charge in [0.25, 0.3) is 0 Å². The molecule has 1 atom stereocenters. The van der Waals surface area contributed by atoms with Gasteiger partial charge in [0, 0.05) is 6.54 Å². The van der Waals surface area contributed by atoms with Crippen LogP contribution in [0.1, 0.15) is 26.2 Å². The van der Waals surface area contributed by atoms with E-state index < -0.39 is 5.60 Å². The van der Waals surface area contributed by atoms with Gasteiger partial charge in [0.05, 0.1) is 22.8 Å². The third-order valence-corrected chi connectivity index (χ3v) is 4.73. The summed E-state index contributed by atoms with van der Waals surface area (Å²) in [5, 5.41) is 13.9. The van der Waals surface area contributed by atoms with Crippen LogP contribution in [0, 0.1) is 5.92 Å². The van der Waals surface area contributed by atoms with E-state index in [1.54, 1.807) is 11.8 Å². The van der Waals surface area contributed by atoms with E-state index >= 15 is 0 Å². The molecule has 0 bridgehead atoms. The predicted molar refractivity (Wildman–Crippen MR) is 70.5 cm³/mol. The predicted octanol–water partition coefficient (Wildman–Crippen LogP) is -0.220. The van der Waals surface area contributed by atoms with Crippen molar-refractivity contribution in [3.63, 3.8) is 0 Å². The summed E-state index contributed by atoms with van der Waals surface area (Å²) >= 11 is 0. The highest BCUT2D eigenvalue weighted by molar-refractivity contribution is 5.93. The molecule has 0 aromatic heterocycles. The largest absolute Gasteiger partial charge is 0.456 e. The van der Waals surface area contributed by atoms with Crippen molar-refractivity contribution in [2.24, 2.45) is 5.92 Å². The van der Waals surface area contributed by atoms with Gasteiger partial charge in [-0.25, -0.2) is 4.79 Å². The summed E-state index contributed by atoms with van der Waals surface area (Å²) < 4.78 is 4.96. The van der Waals surface area contributed by atoms with Crippen molar-refractivity contribution >= 4 is 11.9 Å². The van der Waals surface area contributed by atoms with Crippen LogP contribution in [0.15, 0.2) is 11.3 Å². The Kier molecular flexibility index (Phi) is 3.30. The number of carbonyl (C=O) groups is 2. The molecule has 2 fully saturated rings. The second-order valence-electron chi connectivity index (χ2n) is 5.83. The molecule has 1 unspecified atom stereocenters. The molecule has 0 saturated carbocycles. The molecule has 0 spiro atoms. The van der Waals surface area contributed by atoms with Gasteiger partial charge < -0.3 is 20.1 Å². The quantitative estimate of drug-likeness (QED) is 0.684. The zero-order chi connectivity index (χ0) is 14.3. The molecule has 20 heavy (non-hydrogen) atoms. The smallest absolute Gasteiger partial charge is 0.336 e. The van der Waals surface area contributed by atoms with Crippen molar-refractivity contribution in [1.82, 2.24) is 10.2 Å². The first kappa shape index (κ1) is 13.6. The van der Waals surface area contributed by atoms with Crippen LogP contribution in [0.2, 0.25) is 0 Å². The van der Waals surface area contributed by atoms with Gasteiger partial charge in [-0.1, -0.05) is 0 Å². The van der Waals surface area contributed by atoms with Crippen molar-refractivity contribution in [3.8, 4) is 0 Å². The Bertz CT molecular complexity index is 480. The standard InChI is InChI=1S/C14H20N2O4/c1-9-11(8-20-13(9)18)16-7-2-10(12(16)17)14(19)3-5-15-6-4-14/h10,15,19H,2-8H2,1H3. The van der Waals surface area contributed by atoms with Crippen molar-refractivity contribution in [2.75, 3.05) is 26.2 Å². The molecular weight excluding hydrogens is 260 g/mol. The van der Waals surface area contributed by atoms with E-state index in [1.165, 1.54) is 0 Å². The average molecular weight is 280 g/mol. The molecule has 6 nitrogen and oxygen atoms in total. The summed E-state index contributed by atoms with van der Waals surface area (Å²) in [6.45, 7) is 3.89. The number of piperidine rings is 1. The van der Waals surface area contributed by atoms with E-state index in [1.807, 2.05) is 0 Å². The van der Waals surface area contributed by atoms with Crippen LogP contribution in [0.25, 0.3) is 0 Å². The summed E-state index contributed by atoms with van der Waals surface area (Å²) in [5.41, 5.74) is 0.269. The van der Waals surface area contributed by atoms with Crippen LogP contribution < -0.4 is 5.32 Å². The molecule has 3 heterocycles. The number of amides is 1. The topological polar surface area (TPSA) is 78.9 Å². The minimum Gasteiger partial charge on any atom is -0.456 e. The summed E-state index contributed by atoms with van der Waals surface area (Å²) in [4.78, 5) is 25.6. The van der Waals surface area contributed by atoms with E-state index in [-0.39, 0.29) is 24.4 Å². The fraction of sp³-hybridized carbons (Fsp3) is 0.714. The van der Waals surface area contributed by atoms with Gasteiger partial charge in [0.2, 0.25) is 5.91 Å². The zero-order valence-corrected chi connectivity index (χ0v) is 11.6. The first-order chi connectivity index (χ1) is 9.53. The summed E-state index contributed by atoms with van der Waals surface area (Å²) in [5.74, 6) is -0.778. The normalized spacial score (nSPS) is 30.1. The second-order valence-corrected chi connectivity index (χ2v) is 5.83. The van der Waals surface area contributed by atoms with Gasteiger partial charge in [0.15, 0.2) is 0 Å². The van der Waals surface area contributed by atoms with E-state index in [4.69, 9.17) is 4.74 Å². The Morgan fingerprint density at radius 1 is 1.35 bits per heavy atom. The monoisotopic (exact) mass is 280 g/mol. The molecule has 3 aliphatic rings. The summed E-state index contributed by atoms with van der Waals surface area (Å²) in [6, 6.07) is 0. The lowest BCUT2D eigenvalue weighted by atomic mass is 9.79. The first-order valence-electron chi connectivity index (χ1n) is 7.14. The highest BCUT2D eigenvalue weighted by Gasteiger charge is 2.48. The maximum atomic E-state index is 12.6. The maximum Gasteiger partial charge on any atom is 0.336 e. The maximum absolute atomic E-state index is 12.6. The van der Waals surface area contributed by atoms with E-state index in [0.717, 1.165) is 13.1 Å². The van der Waals surface area contributed by atoms with Crippen LogP contribution >= 0.6 is 0 Å². The fourth-order valence-electron chi connectivity index (χ4n) is 3.40. The Labute approximate surface area is 117 Å². The number of esters is 1. The van der Waals surface area contributed by atoms with Gasteiger partial charge in [-0.2, -0.15) is 0 Å². The molecule has 1 amide bonds. The van der Waals surface area contributed by atoms with Crippen molar-refractivity contribution < 1.29 is 19.4 Å². The third-order valence-electron chi connectivity index (χ3n) is 4.73. The molecule has 6 heteroatoms. The number of rotatable bonds is 2. The molecule has 0 radical (unpaired) electrons. The molecule has 2 saturated heterocycles. The summed E-state index contributed by atoms with van der Waals surface area (Å²) in [7, 11) is 0. The Hall–Kier alpha value is -1.40. The number of nitrogens with zero attached hydrogens (tertiary/aromatic N) is 1. The SMILES string of the molecule is CC1=C(N2CCC(C3(O)CCNCC3)C2=O)COC1=O. The number of cyclic esters (lactones) is 1. The zero-order valence-electron chi connectivity index (χ0n) is 11.6. The molecule has 3 aliphatic heterocycles. The molecular formula is C14H20N2O4. The van der Waals surface area contributed by atoms with Crippen LogP contribution in [0.3, 0.4) is 0 Å². The number of likely N-dealkylation sites (tertiary alicyclic amines) is 1. The fourth-order valence-corrected chi connectivity index (χ4v) is 3.40. The van der Waals surface area contributed by atoms with Crippen LogP contribution in [-0.2, 0) is 14.3 Å². The van der Waals surface area contributed by atoms with Crippen molar-refractivity contribution in [2.45, 2.75) is 31.8 Å². The Morgan fingerprint density at radius 2 is 2.05 bits per heavy atom. The molecule has 0 aromatic carbocycles. The van der Waals surface area contributed by atoms with Gasteiger partial charge in [-0.05, 0) is 39.3 Å². The molecule has 110 valence electrons. The van der Waals surface area contributed by atoms with Gasteiger partial charge in [-0.15, -0.1) is 0 Å². The molecule has 0 aromatic rings. The number of carbonyl (C=O) groups excluding carboxylic acids is 2. The minimum absolute atomic E-state index is 0.0675. The molecule has 2 N–H and O–H groups in total. The van der Waals surface area contributed by atoms with Gasteiger partial charge in [-0.3, -0.25) is 4.79 Å². The lowest BCUT2D eigenvalue weighted by Gasteiger charge is -2.36. The number of aliphatic hydroxyl groups is 1. The summed E-state index contributed by atoms with van der Waals surface area (Å²) in [6.07, 6.45) is 1.84. The molecule has 3 rings (SSSR count). The van der Waals surface area contributed by atoms with Crippen LogP contribution in [0.5, 0.6) is 0 Å². The number of hydrogen-bond acceptors (Lipinski definition) is 5. The third kappa shape index (κ3) is 2.03. The minimum atomic E-state index is -0.908. The molecule has 0 aliphatic carbocycles. The van der Waals surface area contributed by atoms with Gasteiger partial charge >= 0.3 is 5.97 Å². The number of hydrogen-bond donors (Lipinski definition) is 2. The lowest BCUT2D eigenvalue weighted by molar-refractivity contribution is -0.140. The van der Waals surface area contributed by atoms with Crippen molar-refractivity contribution in [1.29, 1.82) is 0 Å². The van der Waals surface area contributed by atoms with E-state index in [0.29, 0.717) is 37.1 Å². The highest BCUT2D eigenvalue weighted by atomic mass is 16.5. The lowest BCUT2D eigenvalue weighted by Crippen LogP contribution is -2.49. The van der Waals surface area contributed by atoms with E-state index in [2.05, 4.69) is 5.32 Å². The number of ether oxygens (including phenoxy) is 1.